The van der Waals surface area contributed by atoms with E-state index in [0.29, 0.717) is 68.3 Å². The number of piperazine rings is 1. The number of carboxylic acid groups (broad SMARTS) is 1. The van der Waals surface area contributed by atoms with Crippen molar-refractivity contribution in [2.45, 2.75) is 13.8 Å². The zero-order valence-corrected chi connectivity index (χ0v) is 22.9. The molecule has 2 aromatic rings. The van der Waals surface area contributed by atoms with Crippen molar-refractivity contribution >= 4 is 77.4 Å². The van der Waals surface area contributed by atoms with Gasteiger partial charge >= 0.3 is 5.97 Å². The lowest BCUT2D eigenvalue weighted by Crippen LogP contribution is -2.50. The van der Waals surface area contributed by atoms with Crippen molar-refractivity contribution in [3.8, 4) is 0 Å². The number of aromatic carboxylic acids is 1. The number of carbonyl (C=O) groups excluding carboxylic acids is 2. The number of amides is 2. The molecule has 0 bridgehead atoms. The summed E-state index contributed by atoms with van der Waals surface area (Å²) in [5.41, 5.74) is 1.22. The van der Waals surface area contributed by atoms with Crippen molar-refractivity contribution in [1.29, 1.82) is 0 Å². The van der Waals surface area contributed by atoms with Crippen molar-refractivity contribution in [2.24, 2.45) is 5.92 Å². The highest BCUT2D eigenvalue weighted by Crippen LogP contribution is 2.27. The first kappa shape index (κ1) is 33.6. The third-order valence-electron chi connectivity index (χ3n) is 5.51. The first-order chi connectivity index (χ1) is 15.8. The number of halogens is 3. The molecule has 2 heterocycles. The van der Waals surface area contributed by atoms with E-state index in [4.69, 9.17) is 4.74 Å². The number of carbonyl (C=O) groups is 3. The molecule has 3 rings (SSSR count). The number of hydrogen-bond acceptors (Lipinski definition) is 7. The van der Waals surface area contributed by atoms with Crippen LogP contribution < -0.4 is 15.5 Å². The van der Waals surface area contributed by atoms with Crippen molar-refractivity contribution in [3.63, 3.8) is 0 Å². The van der Waals surface area contributed by atoms with Crippen LogP contribution in [0, 0.1) is 5.92 Å². The number of anilines is 2. The van der Waals surface area contributed by atoms with Crippen molar-refractivity contribution < 1.29 is 24.2 Å². The summed E-state index contributed by atoms with van der Waals surface area (Å²) in [6.07, 6.45) is 0. The monoisotopic (exact) mass is 565 g/mol. The maximum atomic E-state index is 12.0. The lowest BCUT2D eigenvalue weighted by molar-refractivity contribution is -0.122. The minimum Gasteiger partial charge on any atom is -0.478 e. The van der Waals surface area contributed by atoms with E-state index in [-0.39, 0.29) is 60.5 Å². The van der Waals surface area contributed by atoms with Crippen LogP contribution >= 0.6 is 37.2 Å². The predicted octanol–water partition coefficient (Wildman–Crippen LogP) is 2.68. The molecule has 0 spiro atoms. The van der Waals surface area contributed by atoms with E-state index >= 15 is 0 Å². The van der Waals surface area contributed by atoms with Crippen molar-refractivity contribution in [3.05, 3.63) is 29.8 Å². The summed E-state index contributed by atoms with van der Waals surface area (Å²) in [7, 11) is 1.59. The van der Waals surface area contributed by atoms with Gasteiger partial charge in [-0.25, -0.2) is 9.78 Å². The van der Waals surface area contributed by atoms with Crippen LogP contribution in [0.15, 0.2) is 24.3 Å². The molecule has 1 aromatic heterocycles. The summed E-state index contributed by atoms with van der Waals surface area (Å²) < 4.78 is 4.93. The van der Waals surface area contributed by atoms with Gasteiger partial charge in [0.1, 0.15) is 5.82 Å². The van der Waals surface area contributed by atoms with Crippen LogP contribution in [0.4, 0.5) is 11.5 Å². The Labute approximate surface area is 229 Å². The SMILES string of the molecule is COCCNC(=O)CN1CCN(c2cc(C(=O)O)c3cc(NC(=O)C(C)C)ccc3n2)CC1.Cl.Cl.Cl. The van der Waals surface area contributed by atoms with Gasteiger partial charge in [-0.1, -0.05) is 13.8 Å². The molecule has 1 aliphatic heterocycles. The summed E-state index contributed by atoms with van der Waals surface area (Å²) in [6.45, 7) is 7.45. The highest BCUT2D eigenvalue weighted by Gasteiger charge is 2.22. The molecule has 0 atom stereocenters. The van der Waals surface area contributed by atoms with E-state index in [0.717, 1.165) is 0 Å². The normalized spacial score (nSPS) is 13.3. The van der Waals surface area contributed by atoms with E-state index in [1.165, 1.54) is 0 Å². The van der Waals surface area contributed by atoms with Gasteiger partial charge in [0.15, 0.2) is 0 Å². The molecule has 0 aliphatic carbocycles. The number of ether oxygens (including phenoxy) is 1. The maximum absolute atomic E-state index is 12.0. The lowest BCUT2D eigenvalue weighted by Gasteiger charge is -2.35. The molecule has 0 saturated carbocycles. The van der Waals surface area contributed by atoms with Gasteiger partial charge in [0, 0.05) is 56.8 Å². The Morgan fingerprint density at radius 1 is 1.08 bits per heavy atom. The van der Waals surface area contributed by atoms with Crippen LogP contribution in [0.2, 0.25) is 0 Å². The molecular weight excluding hydrogens is 533 g/mol. The molecular formula is C23H34Cl3N5O5. The number of carboxylic acids is 1. The van der Waals surface area contributed by atoms with E-state index in [1.807, 2.05) is 4.90 Å². The fourth-order valence-electron chi connectivity index (χ4n) is 3.60. The van der Waals surface area contributed by atoms with Gasteiger partial charge in [0.25, 0.3) is 0 Å². The Balaban J connectivity index is 0.00000408. The molecule has 1 fully saturated rings. The molecule has 0 radical (unpaired) electrons. The second-order valence-corrected chi connectivity index (χ2v) is 8.31. The van der Waals surface area contributed by atoms with Gasteiger partial charge < -0.3 is 25.4 Å². The summed E-state index contributed by atoms with van der Waals surface area (Å²) in [6, 6.07) is 6.68. The zero-order chi connectivity index (χ0) is 24.0. The smallest absolute Gasteiger partial charge is 0.336 e. The van der Waals surface area contributed by atoms with Gasteiger partial charge in [-0.15, -0.1) is 37.2 Å². The molecule has 2 amide bonds. The van der Waals surface area contributed by atoms with Crippen molar-refractivity contribution in [2.75, 3.05) is 63.2 Å². The highest BCUT2D eigenvalue weighted by molar-refractivity contribution is 6.05. The number of hydrogen-bond donors (Lipinski definition) is 3. The van der Waals surface area contributed by atoms with Crippen LogP contribution in [0.3, 0.4) is 0 Å². The lowest BCUT2D eigenvalue weighted by atomic mass is 10.1. The number of aromatic nitrogens is 1. The van der Waals surface area contributed by atoms with Gasteiger partial charge in [-0.05, 0) is 24.3 Å². The molecule has 1 saturated heterocycles. The minimum atomic E-state index is -1.05. The fraction of sp³-hybridized carbons (Fsp3) is 0.478. The molecule has 10 nitrogen and oxygen atoms in total. The van der Waals surface area contributed by atoms with Crippen LogP contribution in [0.1, 0.15) is 24.2 Å². The quantitative estimate of drug-likeness (QED) is 0.396. The average Bonchev–Trinajstić information content (AvgIpc) is 2.78. The molecule has 13 heteroatoms. The zero-order valence-electron chi connectivity index (χ0n) is 20.5. The molecule has 202 valence electrons. The Kier molecular flexibility index (Phi) is 14.6. The van der Waals surface area contributed by atoms with Gasteiger partial charge in [-0.2, -0.15) is 0 Å². The highest BCUT2D eigenvalue weighted by atomic mass is 35.5. The number of rotatable bonds is 9. The summed E-state index contributed by atoms with van der Waals surface area (Å²) in [4.78, 5) is 44.7. The minimum absolute atomic E-state index is 0. The number of methoxy groups -OCH3 is 1. The topological polar surface area (TPSA) is 124 Å². The third kappa shape index (κ3) is 8.94. The van der Waals surface area contributed by atoms with E-state index < -0.39 is 5.97 Å². The van der Waals surface area contributed by atoms with Crippen LogP contribution in [-0.2, 0) is 14.3 Å². The summed E-state index contributed by atoms with van der Waals surface area (Å²) in [5, 5.41) is 15.9. The average molecular weight is 567 g/mol. The van der Waals surface area contributed by atoms with E-state index in [9.17, 15) is 19.5 Å². The Bertz CT molecular complexity index is 1030. The molecule has 36 heavy (non-hydrogen) atoms. The maximum Gasteiger partial charge on any atom is 0.336 e. The number of nitrogens with zero attached hydrogens (tertiary/aromatic N) is 3. The summed E-state index contributed by atoms with van der Waals surface area (Å²) >= 11 is 0. The van der Waals surface area contributed by atoms with Crippen molar-refractivity contribution in [1.82, 2.24) is 15.2 Å². The standard InChI is InChI=1S/C23H31N5O5.3ClH/c1-15(2)22(30)25-16-4-5-19-17(12-16)18(23(31)32)13-20(26-19)28-9-7-27(8-10-28)14-21(29)24-6-11-33-3;;;/h4-5,12-13,15H,6-11,14H2,1-3H3,(H,24,29)(H,25,30)(H,31,32);3*1H. The van der Waals surface area contributed by atoms with E-state index in [2.05, 4.69) is 20.5 Å². The first-order valence-corrected chi connectivity index (χ1v) is 11.0. The second-order valence-electron chi connectivity index (χ2n) is 8.31. The van der Waals surface area contributed by atoms with Gasteiger partial charge in [0.2, 0.25) is 11.8 Å². The van der Waals surface area contributed by atoms with Crippen LogP contribution in [0.5, 0.6) is 0 Å². The fourth-order valence-corrected chi connectivity index (χ4v) is 3.60. The van der Waals surface area contributed by atoms with Gasteiger partial charge in [0.05, 0.1) is 24.2 Å². The Hall–Kier alpha value is -2.37. The van der Waals surface area contributed by atoms with Crippen LogP contribution in [-0.4, -0.2) is 85.8 Å². The number of nitrogens with one attached hydrogen (secondary N) is 2. The second kappa shape index (κ2) is 15.7. The first-order valence-electron chi connectivity index (χ1n) is 11.0. The number of fused-ring (bicyclic) bond motifs is 1. The Morgan fingerprint density at radius 2 is 1.75 bits per heavy atom. The molecule has 0 unspecified atom stereocenters. The number of benzene rings is 1. The van der Waals surface area contributed by atoms with Gasteiger partial charge in [-0.3, -0.25) is 14.5 Å². The summed E-state index contributed by atoms with van der Waals surface area (Å²) in [5.74, 6) is -0.834. The van der Waals surface area contributed by atoms with Crippen LogP contribution in [0.25, 0.3) is 10.9 Å². The third-order valence-corrected chi connectivity index (χ3v) is 5.51. The predicted molar refractivity (Wildman–Crippen MR) is 147 cm³/mol. The molecule has 1 aliphatic rings. The largest absolute Gasteiger partial charge is 0.478 e. The Morgan fingerprint density at radius 3 is 2.33 bits per heavy atom. The molecule has 3 N–H and O–H groups in total. The molecule has 1 aromatic carbocycles. The number of pyridine rings is 1. The van der Waals surface area contributed by atoms with E-state index in [1.54, 1.807) is 45.2 Å².